The summed E-state index contributed by atoms with van der Waals surface area (Å²) < 4.78 is 10.8. The van der Waals surface area contributed by atoms with Crippen LogP contribution in [0.25, 0.3) is 0 Å². The van der Waals surface area contributed by atoms with Gasteiger partial charge in [0, 0.05) is 18.3 Å². The maximum absolute atomic E-state index is 11.8. The number of benzene rings is 2. The van der Waals surface area contributed by atoms with Crippen molar-refractivity contribution in [2.75, 3.05) is 12.4 Å². The Morgan fingerprint density at radius 1 is 1.00 bits per heavy atom. The molecule has 3 rings (SSSR count). The number of methoxy groups -OCH3 is 1. The molecule has 0 saturated heterocycles. The van der Waals surface area contributed by atoms with E-state index in [1.54, 1.807) is 18.3 Å². The summed E-state index contributed by atoms with van der Waals surface area (Å²) in [6.07, 6.45) is 1.63. The SMILES string of the molecule is COC(=O)c1cccnc1NCc1ccccc1OCc1ccccc1. The number of hydrogen-bond acceptors (Lipinski definition) is 5. The molecular formula is C21H20N2O3. The molecular weight excluding hydrogens is 328 g/mol. The first-order valence-electron chi connectivity index (χ1n) is 8.30. The molecule has 5 nitrogen and oxygen atoms in total. The number of para-hydroxylation sites is 1. The average Bonchev–Trinajstić information content (AvgIpc) is 2.71. The standard InChI is InChI=1S/C21H20N2O3/c1-25-21(24)18-11-7-13-22-20(18)23-14-17-10-5-6-12-19(17)26-15-16-8-3-2-4-9-16/h2-13H,14-15H2,1H3,(H,22,23). The third-order valence-electron chi connectivity index (χ3n) is 3.87. The number of esters is 1. The van der Waals surface area contributed by atoms with Gasteiger partial charge in [0.15, 0.2) is 0 Å². The minimum atomic E-state index is -0.422. The Bertz CT molecular complexity index is 866. The number of pyridine rings is 1. The minimum Gasteiger partial charge on any atom is -0.489 e. The smallest absolute Gasteiger partial charge is 0.341 e. The monoisotopic (exact) mass is 348 g/mol. The summed E-state index contributed by atoms with van der Waals surface area (Å²) in [7, 11) is 1.35. The van der Waals surface area contributed by atoms with E-state index in [0.717, 1.165) is 16.9 Å². The van der Waals surface area contributed by atoms with Crippen molar-refractivity contribution in [3.8, 4) is 5.75 Å². The van der Waals surface area contributed by atoms with Crippen LogP contribution in [0, 0.1) is 0 Å². The van der Waals surface area contributed by atoms with Crippen molar-refractivity contribution in [1.82, 2.24) is 4.98 Å². The molecule has 0 radical (unpaired) electrons. The summed E-state index contributed by atoms with van der Waals surface area (Å²) in [5.41, 5.74) is 2.48. The van der Waals surface area contributed by atoms with E-state index < -0.39 is 5.97 Å². The second-order valence-corrected chi connectivity index (χ2v) is 5.63. The molecule has 0 aliphatic heterocycles. The number of ether oxygens (including phenoxy) is 2. The largest absolute Gasteiger partial charge is 0.489 e. The molecule has 1 aromatic heterocycles. The number of anilines is 1. The molecule has 0 saturated carbocycles. The Balaban J connectivity index is 1.70. The molecule has 1 N–H and O–H groups in total. The zero-order chi connectivity index (χ0) is 18.2. The molecule has 26 heavy (non-hydrogen) atoms. The van der Waals surface area contributed by atoms with Crippen LogP contribution in [0.1, 0.15) is 21.5 Å². The van der Waals surface area contributed by atoms with Crippen molar-refractivity contribution in [3.63, 3.8) is 0 Å². The van der Waals surface area contributed by atoms with Crippen LogP contribution >= 0.6 is 0 Å². The van der Waals surface area contributed by atoms with Gasteiger partial charge in [-0.15, -0.1) is 0 Å². The molecule has 0 amide bonds. The fourth-order valence-electron chi connectivity index (χ4n) is 2.53. The Hall–Kier alpha value is -3.34. The van der Waals surface area contributed by atoms with Crippen LogP contribution in [-0.2, 0) is 17.9 Å². The molecule has 5 heteroatoms. The maximum atomic E-state index is 11.8. The van der Waals surface area contributed by atoms with Crippen molar-refractivity contribution in [1.29, 1.82) is 0 Å². The van der Waals surface area contributed by atoms with Crippen LogP contribution in [0.2, 0.25) is 0 Å². The molecule has 0 bridgehead atoms. The molecule has 0 spiro atoms. The van der Waals surface area contributed by atoms with Crippen LogP contribution in [0.3, 0.4) is 0 Å². The first-order valence-corrected chi connectivity index (χ1v) is 8.30. The van der Waals surface area contributed by atoms with Gasteiger partial charge in [0.25, 0.3) is 0 Å². The summed E-state index contributed by atoms with van der Waals surface area (Å²) >= 11 is 0. The van der Waals surface area contributed by atoms with Crippen molar-refractivity contribution in [2.45, 2.75) is 13.2 Å². The lowest BCUT2D eigenvalue weighted by Gasteiger charge is -2.13. The lowest BCUT2D eigenvalue weighted by Crippen LogP contribution is -2.10. The number of nitrogens with zero attached hydrogens (tertiary/aromatic N) is 1. The highest BCUT2D eigenvalue weighted by atomic mass is 16.5. The van der Waals surface area contributed by atoms with Crippen LogP contribution < -0.4 is 10.1 Å². The van der Waals surface area contributed by atoms with Crippen molar-refractivity contribution >= 4 is 11.8 Å². The van der Waals surface area contributed by atoms with Gasteiger partial charge in [0.05, 0.1) is 7.11 Å². The lowest BCUT2D eigenvalue weighted by molar-refractivity contribution is 0.0601. The van der Waals surface area contributed by atoms with E-state index in [1.165, 1.54) is 7.11 Å². The van der Waals surface area contributed by atoms with E-state index >= 15 is 0 Å². The van der Waals surface area contributed by atoms with E-state index in [9.17, 15) is 4.79 Å². The fraction of sp³-hybridized carbons (Fsp3) is 0.143. The predicted molar refractivity (Wildman–Crippen MR) is 100 cm³/mol. The van der Waals surface area contributed by atoms with Crippen LogP contribution in [-0.4, -0.2) is 18.1 Å². The minimum absolute atomic E-state index is 0.401. The van der Waals surface area contributed by atoms with E-state index in [2.05, 4.69) is 10.3 Å². The second kappa shape index (κ2) is 8.67. The lowest BCUT2D eigenvalue weighted by atomic mass is 10.2. The van der Waals surface area contributed by atoms with Gasteiger partial charge >= 0.3 is 5.97 Å². The van der Waals surface area contributed by atoms with Gasteiger partial charge in [-0.1, -0.05) is 48.5 Å². The highest BCUT2D eigenvalue weighted by Gasteiger charge is 2.13. The van der Waals surface area contributed by atoms with E-state index in [1.807, 2.05) is 54.6 Å². The first kappa shape index (κ1) is 17.5. The first-order chi connectivity index (χ1) is 12.8. The average molecular weight is 348 g/mol. The van der Waals surface area contributed by atoms with Crippen molar-refractivity contribution in [3.05, 3.63) is 89.6 Å². The summed E-state index contributed by atoms with van der Waals surface area (Å²) in [5, 5.41) is 3.19. The normalized spacial score (nSPS) is 10.2. The fourth-order valence-corrected chi connectivity index (χ4v) is 2.53. The van der Waals surface area contributed by atoms with Gasteiger partial charge < -0.3 is 14.8 Å². The quantitative estimate of drug-likeness (QED) is 0.653. The van der Waals surface area contributed by atoms with Gasteiger partial charge in [-0.05, 0) is 23.8 Å². The van der Waals surface area contributed by atoms with Gasteiger partial charge in [-0.3, -0.25) is 0 Å². The third-order valence-corrected chi connectivity index (χ3v) is 3.87. The predicted octanol–water partition coefficient (Wildman–Crippen LogP) is 4.06. The Kier molecular flexibility index (Phi) is 5.83. The molecule has 2 aromatic carbocycles. The molecule has 0 atom stereocenters. The summed E-state index contributed by atoms with van der Waals surface area (Å²) in [6, 6.07) is 21.2. The maximum Gasteiger partial charge on any atom is 0.341 e. The highest BCUT2D eigenvalue weighted by Crippen LogP contribution is 2.21. The molecule has 0 aliphatic carbocycles. The van der Waals surface area contributed by atoms with Crippen molar-refractivity contribution < 1.29 is 14.3 Å². The Morgan fingerprint density at radius 3 is 2.58 bits per heavy atom. The van der Waals surface area contributed by atoms with E-state index in [-0.39, 0.29) is 0 Å². The molecule has 0 aliphatic rings. The number of carbonyl (C=O) groups excluding carboxylic acids is 1. The van der Waals surface area contributed by atoms with E-state index in [0.29, 0.717) is 24.5 Å². The van der Waals surface area contributed by atoms with E-state index in [4.69, 9.17) is 9.47 Å². The molecule has 3 aromatic rings. The van der Waals surface area contributed by atoms with Crippen LogP contribution in [0.4, 0.5) is 5.82 Å². The summed E-state index contributed by atoms with van der Waals surface area (Å²) in [5.74, 6) is 0.853. The Labute approximate surface area is 152 Å². The zero-order valence-corrected chi connectivity index (χ0v) is 14.5. The van der Waals surface area contributed by atoms with Gasteiger partial charge in [0.1, 0.15) is 23.7 Å². The number of carbonyl (C=O) groups is 1. The molecule has 0 fully saturated rings. The number of rotatable bonds is 7. The molecule has 1 heterocycles. The number of hydrogen-bond donors (Lipinski definition) is 1. The van der Waals surface area contributed by atoms with Crippen molar-refractivity contribution in [2.24, 2.45) is 0 Å². The molecule has 132 valence electrons. The van der Waals surface area contributed by atoms with Gasteiger partial charge in [-0.25, -0.2) is 9.78 Å². The Morgan fingerprint density at radius 2 is 1.77 bits per heavy atom. The summed E-state index contributed by atoms with van der Waals surface area (Å²) in [4.78, 5) is 16.1. The topological polar surface area (TPSA) is 60.5 Å². The van der Waals surface area contributed by atoms with Crippen LogP contribution in [0.15, 0.2) is 72.9 Å². The third kappa shape index (κ3) is 4.39. The molecule has 0 unspecified atom stereocenters. The van der Waals surface area contributed by atoms with Crippen LogP contribution in [0.5, 0.6) is 5.75 Å². The second-order valence-electron chi connectivity index (χ2n) is 5.63. The zero-order valence-electron chi connectivity index (χ0n) is 14.5. The number of aromatic nitrogens is 1. The summed E-state index contributed by atoms with van der Waals surface area (Å²) in [6.45, 7) is 0.973. The number of nitrogens with one attached hydrogen (secondary N) is 1. The van der Waals surface area contributed by atoms with Gasteiger partial charge in [-0.2, -0.15) is 0 Å². The van der Waals surface area contributed by atoms with Gasteiger partial charge in [0.2, 0.25) is 0 Å². The highest BCUT2D eigenvalue weighted by molar-refractivity contribution is 5.94.